The van der Waals surface area contributed by atoms with E-state index >= 15 is 0 Å². The molecule has 24 heavy (non-hydrogen) atoms. The fraction of sp³-hybridized carbons (Fsp3) is 0.857. The van der Waals surface area contributed by atoms with Gasteiger partial charge in [-0.2, -0.15) is 0 Å². The molecule has 0 fully saturated rings. The van der Waals surface area contributed by atoms with E-state index in [4.69, 9.17) is 5.11 Å². The van der Waals surface area contributed by atoms with Crippen LogP contribution in [0.1, 0.15) is 104 Å². The number of hydrogen-bond donors (Lipinski definition) is 2. The monoisotopic (exact) mass is 339 g/mol. The zero-order valence-electron chi connectivity index (χ0n) is 16.2. The maximum Gasteiger partial charge on any atom is 0.320 e. The van der Waals surface area contributed by atoms with Crippen molar-refractivity contribution in [3.63, 3.8) is 0 Å². The van der Waals surface area contributed by atoms with Gasteiger partial charge in [-0.3, -0.25) is 4.79 Å². The molecule has 2 N–H and O–H groups in total. The second-order valence-electron chi connectivity index (χ2n) is 6.95. The summed E-state index contributed by atoms with van der Waals surface area (Å²) in [7, 11) is 0. The molecule has 3 heteroatoms. The van der Waals surface area contributed by atoms with E-state index in [9.17, 15) is 4.79 Å². The average molecular weight is 340 g/mol. The number of carbonyl (C=O) groups is 1. The molecular formula is C21H41NO2. The molecule has 0 aliphatic rings. The highest BCUT2D eigenvalue weighted by molar-refractivity contribution is 5.72. The molecule has 0 aromatic rings. The number of unbranched alkanes of at least 4 members (excludes halogenated alkanes) is 12. The molecule has 0 aromatic carbocycles. The zero-order chi connectivity index (χ0) is 17.9. The molecule has 0 spiro atoms. The molecule has 1 unspecified atom stereocenters. The lowest BCUT2D eigenvalue weighted by molar-refractivity contribution is -0.138. The summed E-state index contributed by atoms with van der Waals surface area (Å²) in [5.41, 5.74) is 0. The fourth-order valence-electron chi connectivity index (χ4n) is 2.78. The molecule has 3 nitrogen and oxygen atoms in total. The van der Waals surface area contributed by atoms with E-state index in [1.807, 2.05) is 0 Å². The van der Waals surface area contributed by atoms with Gasteiger partial charge in [0.1, 0.15) is 6.04 Å². The van der Waals surface area contributed by atoms with Crippen LogP contribution in [0, 0.1) is 0 Å². The Labute approximate surface area is 150 Å². The Morgan fingerprint density at radius 1 is 0.833 bits per heavy atom. The van der Waals surface area contributed by atoms with Crippen molar-refractivity contribution >= 4 is 5.97 Å². The van der Waals surface area contributed by atoms with Crippen molar-refractivity contribution in [1.29, 1.82) is 0 Å². The lowest BCUT2D eigenvalue weighted by Gasteiger charge is -2.08. The summed E-state index contributed by atoms with van der Waals surface area (Å²) in [5, 5.41) is 11.8. The van der Waals surface area contributed by atoms with Crippen LogP contribution in [0.4, 0.5) is 0 Å². The van der Waals surface area contributed by atoms with Crippen LogP contribution in [0.2, 0.25) is 0 Å². The maximum atomic E-state index is 10.6. The first kappa shape index (κ1) is 23.2. The lowest BCUT2D eigenvalue weighted by atomic mass is 10.1. The van der Waals surface area contributed by atoms with Crippen molar-refractivity contribution in [2.75, 3.05) is 6.54 Å². The SMILES string of the molecule is CCCCCCCCC=CCCCCCCCCNC(C)C(=O)O. The Hall–Kier alpha value is -0.830. The van der Waals surface area contributed by atoms with Crippen LogP contribution in [0.15, 0.2) is 12.2 Å². The van der Waals surface area contributed by atoms with Gasteiger partial charge in [0.25, 0.3) is 0 Å². The number of hydrogen-bond acceptors (Lipinski definition) is 2. The minimum absolute atomic E-state index is 0.423. The molecule has 142 valence electrons. The van der Waals surface area contributed by atoms with Gasteiger partial charge in [-0.05, 0) is 45.6 Å². The Morgan fingerprint density at radius 2 is 1.29 bits per heavy atom. The van der Waals surface area contributed by atoms with Crippen LogP contribution in [-0.4, -0.2) is 23.7 Å². The number of allylic oxidation sites excluding steroid dienone is 2. The number of carboxylic acids is 1. The standard InChI is InChI=1S/C21H41NO2/c1-3-4-5-6-7-8-9-10-11-12-13-14-15-16-17-18-19-22-20(2)21(23)24/h10-11,20,22H,3-9,12-19H2,1-2H3,(H,23,24). The molecule has 0 aliphatic carbocycles. The van der Waals surface area contributed by atoms with Gasteiger partial charge in [-0.15, -0.1) is 0 Å². The van der Waals surface area contributed by atoms with E-state index in [0.717, 1.165) is 13.0 Å². The molecular weight excluding hydrogens is 298 g/mol. The first-order valence-corrected chi connectivity index (χ1v) is 10.3. The van der Waals surface area contributed by atoms with Gasteiger partial charge in [0.15, 0.2) is 0 Å². The van der Waals surface area contributed by atoms with Gasteiger partial charge >= 0.3 is 5.97 Å². The third kappa shape index (κ3) is 17.5. The summed E-state index contributed by atoms with van der Waals surface area (Å²) in [4.78, 5) is 10.6. The van der Waals surface area contributed by atoms with Crippen molar-refractivity contribution in [2.24, 2.45) is 0 Å². The molecule has 0 saturated carbocycles. The molecule has 0 bridgehead atoms. The van der Waals surface area contributed by atoms with Crippen LogP contribution in [0.25, 0.3) is 0 Å². The summed E-state index contributed by atoms with van der Waals surface area (Å²) in [6.45, 7) is 4.78. The quantitative estimate of drug-likeness (QED) is 0.235. The number of nitrogens with one attached hydrogen (secondary N) is 1. The summed E-state index contributed by atoms with van der Waals surface area (Å²) < 4.78 is 0. The number of aliphatic carboxylic acids is 1. The highest BCUT2D eigenvalue weighted by Gasteiger charge is 2.07. The molecule has 0 aromatic heterocycles. The van der Waals surface area contributed by atoms with Gasteiger partial charge in [0.2, 0.25) is 0 Å². The highest BCUT2D eigenvalue weighted by Crippen LogP contribution is 2.09. The summed E-state index contributed by atoms with van der Waals surface area (Å²) in [6, 6.07) is -0.423. The molecule has 0 saturated heterocycles. The minimum atomic E-state index is -0.764. The van der Waals surface area contributed by atoms with E-state index in [0.29, 0.717) is 0 Å². The lowest BCUT2D eigenvalue weighted by Crippen LogP contribution is -2.34. The first-order valence-electron chi connectivity index (χ1n) is 10.3. The van der Waals surface area contributed by atoms with Crippen LogP contribution < -0.4 is 5.32 Å². The van der Waals surface area contributed by atoms with Crippen LogP contribution >= 0.6 is 0 Å². The van der Waals surface area contributed by atoms with Crippen molar-refractivity contribution in [1.82, 2.24) is 5.32 Å². The van der Waals surface area contributed by atoms with Gasteiger partial charge in [-0.1, -0.05) is 76.9 Å². The van der Waals surface area contributed by atoms with Gasteiger partial charge in [-0.25, -0.2) is 0 Å². The second-order valence-corrected chi connectivity index (χ2v) is 6.95. The van der Waals surface area contributed by atoms with Crippen molar-refractivity contribution < 1.29 is 9.90 Å². The third-order valence-electron chi connectivity index (χ3n) is 4.51. The normalized spacial score (nSPS) is 12.8. The summed E-state index contributed by atoms with van der Waals surface area (Å²) >= 11 is 0. The highest BCUT2D eigenvalue weighted by atomic mass is 16.4. The topological polar surface area (TPSA) is 49.3 Å². The Balaban J connectivity index is 3.14. The molecule has 0 rings (SSSR count). The summed E-state index contributed by atoms with van der Waals surface area (Å²) in [5.74, 6) is -0.764. The van der Waals surface area contributed by atoms with Gasteiger partial charge in [0, 0.05) is 0 Å². The van der Waals surface area contributed by atoms with Crippen LogP contribution in [0.3, 0.4) is 0 Å². The largest absolute Gasteiger partial charge is 0.480 e. The predicted octanol–water partition coefficient (Wildman–Crippen LogP) is 6.09. The Morgan fingerprint density at radius 3 is 1.79 bits per heavy atom. The molecule has 0 radical (unpaired) electrons. The Kier molecular flexibility index (Phi) is 17.9. The van der Waals surface area contributed by atoms with Crippen LogP contribution in [-0.2, 0) is 4.79 Å². The number of carboxylic acid groups (broad SMARTS) is 1. The third-order valence-corrected chi connectivity index (χ3v) is 4.51. The van der Waals surface area contributed by atoms with E-state index < -0.39 is 12.0 Å². The smallest absolute Gasteiger partial charge is 0.320 e. The summed E-state index contributed by atoms with van der Waals surface area (Å²) in [6.07, 6.45) is 23.0. The van der Waals surface area contributed by atoms with Gasteiger partial charge in [0.05, 0.1) is 0 Å². The zero-order valence-corrected chi connectivity index (χ0v) is 16.2. The fourth-order valence-corrected chi connectivity index (χ4v) is 2.78. The van der Waals surface area contributed by atoms with Crippen molar-refractivity contribution in [3.8, 4) is 0 Å². The first-order chi connectivity index (χ1) is 11.7. The van der Waals surface area contributed by atoms with Gasteiger partial charge < -0.3 is 10.4 Å². The Bertz CT molecular complexity index is 302. The minimum Gasteiger partial charge on any atom is -0.480 e. The molecule has 0 aliphatic heterocycles. The van der Waals surface area contributed by atoms with E-state index in [2.05, 4.69) is 24.4 Å². The number of rotatable bonds is 18. The van der Waals surface area contributed by atoms with Crippen molar-refractivity contribution in [3.05, 3.63) is 12.2 Å². The maximum absolute atomic E-state index is 10.6. The van der Waals surface area contributed by atoms with E-state index in [1.165, 1.54) is 83.5 Å². The second kappa shape index (κ2) is 18.5. The van der Waals surface area contributed by atoms with E-state index in [1.54, 1.807) is 6.92 Å². The molecule has 1 atom stereocenters. The molecule has 0 heterocycles. The van der Waals surface area contributed by atoms with E-state index in [-0.39, 0.29) is 0 Å². The van der Waals surface area contributed by atoms with Crippen molar-refractivity contribution in [2.45, 2.75) is 110 Å². The molecule has 0 amide bonds. The van der Waals surface area contributed by atoms with Crippen LogP contribution in [0.5, 0.6) is 0 Å². The predicted molar refractivity (Wildman–Crippen MR) is 105 cm³/mol. The average Bonchev–Trinajstić information content (AvgIpc) is 2.57.